The maximum atomic E-state index is 2.32. The van der Waals surface area contributed by atoms with Crippen LogP contribution in [0, 0.1) is 0 Å². The number of hydrogen-bond donors (Lipinski definition) is 0. The Hall–Kier alpha value is 0.947. The van der Waals surface area contributed by atoms with Crippen molar-refractivity contribution in [1.82, 2.24) is 0 Å². The Kier molecular flexibility index (Phi) is 14.4. The molecule has 0 bridgehead atoms. The van der Waals surface area contributed by atoms with Crippen LogP contribution >= 0.6 is 24.0 Å². The molecule has 0 saturated carbocycles. The lowest BCUT2D eigenvalue weighted by Gasteiger charge is -2.10. The van der Waals surface area contributed by atoms with Gasteiger partial charge < -0.3 is 0 Å². The maximum absolute atomic E-state index is 2.32. The Labute approximate surface area is 90.8 Å². The molecule has 0 heterocycles. The van der Waals surface area contributed by atoms with E-state index in [0.717, 1.165) is 0 Å². The van der Waals surface area contributed by atoms with Crippen molar-refractivity contribution in [2.24, 2.45) is 0 Å². The highest BCUT2D eigenvalue weighted by molar-refractivity contribution is 14.0. The Bertz CT molecular complexity index is 52.3. The lowest BCUT2D eigenvalue weighted by molar-refractivity contribution is 0.957. The van der Waals surface area contributed by atoms with Gasteiger partial charge in [-0.15, -0.1) is 24.0 Å². The van der Waals surface area contributed by atoms with E-state index in [4.69, 9.17) is 0 Å². The summed E-state index contributed by atoms with van der Waals surface area (Å²) < 4.78 is 0. The molecule has 0 fully saturated rings. The van der Waals surface area contributed by atoms with E-state index in [1.54, 1.807) is 18.1 Å². The van der Waals surface area contributed by atoms with Gasteiger partial charge in [-0.3, -0.25) is 0 Å². The normalized spacial score (nSPS) is 9.82. The first kappa shape index (κ1) is 14.5. The summed E-state index contributed by atoms with van der Waals surface area (Å²) in [5.41, 5.74) is 0. The standard InChI is InChI=1S/C9H21Si.HI/c1-4-7-10(8-5-2)9-6-3;/h4-9H2,1-3H3;1H. The third-order valence-electron chi connectivity index (χ3n) is 1.81. The molecule has 0 amide bonds. The van der Waals surface area contributed by atoms with E-state index in [9.17, 15) is 0 Å². The van der Waals surface area contributed by atoms with Gasteiger partial charge in [0.05, 0.1) is 0 Å². The van der Waals surface area contributed by atoms with Crippen molar-refractivity contribution in [2.45, 2.75) is 58.2 Å². The van der Waals surface area contributed by atoms with Gasteiger partial charge >= 0.3 is 0 Å². The molecule has 0 aromatic rings. The zero-order valence-corrected chi connectivity index (χ0v) is 11.5. The first-order valence-electron chi connectivity index (χ1n) is 4.68. The van der Waals surface area contributed by atoms with Crippen LogP contribution in [0.25, 0.3) is 0 Å². The van der Waals surface area contributed by atoms with E-state index in [0.29, 0.717) is 0 Å². The van der Waals surface area contributed by atoms with Crippen molar-refractivity contribution in [3.63, 3.8) is 0 Å². The summed E-state index contributed by atoms with van der Waals surface area (Å²) in [6, 6.07) is 4.64. The van der Waals surface area contributed by atoms with Gasteiger partial charge in [-0.25, -0.2) is 0 Å². The molecule has 2 heteroatoms. The van der Waals surface area contributed by atoms with Crippen LogP contribution in [0.1, 0.15) is 40.0 Å². The third kappa shape index (κ3) is 8.86. The van der Waals surface area contributed by atoms with Crippen molar-refractivity contribution < 1.29 is 0 Å². The molecular weight excluding hydrogens is 263 g/mol. The molecule has 0 spiro atoms. The fraction of sp³-hybridized carbons (Fsp3) is 1.00. The quantitative estimate of drug-likeness (QED) is 0.503. The molecule has 11 heavy (non-hydrogen) atoms. The molecule has 1 radical (unpaired) electrons. The number of halogens is 1. The largest absolute Gasteiger partial charge is 0.107 e. The minimum absolute atomic E-state index is 0. The van der Waals surface area contributed by atoms with Crippen LogP contribution in [0.3, 0.4) is 0 Å². The highest BCUT2D eigenvalue weighted by Crippen LogP contribution is 2.11. The van der Waals surface area contributed by atoms with Crippen LogP contribution in [0.4, 0.5) is 0 Å². The number of hydrogen-bond acceptors (Lipinski definition) is 0. The third-order valence-corrected chi connectivity index (χ3v) is 5.43. The zero-order chi connectivity index (χ0) is 7.82. The van der Waals surface area contributed by atoms with Crippen molar-refractivity contribution in [3.05, 3.63) is 0 Å². The first-order chi connectivity index (χ1) is 4.85. The Morgan fingerprint density at radius 3 is 1.18 bits per heavy atom. The van der Waals surface area contributed by atoms with Gasteiger partial charge in [0.1, 0.15) is 0 Å². The van der Waals surface area contributed by atoms with E-state index in [1.165, 1.54) is 19.3 Å². The summed E-state index contributed by atoms with van der Waals surface area (Å²) in [5, 5.41) is 0. The second kappa shape index (κ2) is 10.9. The minimum Gasteiger partial charge on any atom is -0.107 e. The summed E-state index contributed by atoms with van der Waals surface area (Å²) in [6.07, 6.45) is 4.23. The maximum Gasteiger partial charge on any atom is 0.0478 e. The molecule has 69 valence electrons. The molecule has 0 saturated heterocycles. The first-order valence-corrected chi connectivity index (χ1v) is 6.80. The van der Waals surface area contributed by atoms with Gasteiger partial charge in [0.15, 0.2) is 0 Å². The van der Waals surface area contributed by atoms with E-state index < -0.39 is 0 Å². The molecule has 0 nitrogen and oxygen atoms in total. The highest BCUT2D eigenvalue weighted by atomic mass is 127. The summed E-state index contributed by atoms with van der Waals surface area (Å²) in [7, 11) is 0.103. The molecule has 0 aromatic heterocycles. The minimum atomic E-state index is 0. The summed E-state index contributed by atoms with van der Waals surface area (Å²) in [5.74, 6) is 0. The predicted octanol–water partition coefficient (Wildman–Crippen LogP) is 4.33. The fourth-order valence-electron chi connectivity index (χ4n) is 1.44. The van der Waals surface area contributed by atoms with E-state index in [2.05, 4.69) is 20.8 Å². The van der Waals surface area contributed by atoms with Crippen LogP contribution in [0.2, 0.25) is 18.1 Å². The molecule has 0 aliphatic rings. The fourth-order valence-corrected chi connectivity index (χ4v) is 4.31. The van der Waals surface area contributed by atoms with Crippen LogP contribution in [0.15, 0.2) is 0 Å². The molecule has 0 N–H and O–H groups in total. The van der Waals surface area contributed by atoms with Gasteiger partial charge in [0.25, 0.3) is 0 Å². The molecule has 0 aliphatic heterocycles. The molecule has 0 unspecified atom stereocenters. The van der Waals surface area contributed by atoms with Gasteiger partial charge in [0.2, 0.25) is 0 Å². The van der Waals surface area contributed by atoms with Gasteiger partial charge in [-0.2, -0.15) is 0 Å². The smallest absolute Gasteiger partial charge is 0.0478 e. The monoisotopic (exact) mass is 285 g/mol. The predicted molar refractivity (Wildman–Crippen MR) is 66.5 cm³/mol. The molecule has 0 aliphatic carbocycles. The lowest BCUT2D eigenvalue weighted by atomic mass is 10.6. The summed E-state index contributed by atoms with van der Waals surface area (Å²) >= 11 is 0. The zero-order valence-electron chi connectivity index (χ0n) is 8.15. The van der Waals surface area contributed by atoms with Crippen LogP contribution < -0.4 is 0 Å². The van der Waals surface area contributed by atoms with Gasteiger partial charge in [0, 0.05) is 8.80 Å². The van der Waals surface area contributed by atoms with E-state index in [-0.39, 0.29) is 32.8 Å². The lowest BCUT2D eigenvalue weighted by Crippen LogP contribution is -2.09. The second-order valence-electron chi connectivity index (χ2n) is 3.00. The SMILES string of the molecule is CCC[Si](CCC)CCC.I. The Balaban J connectivity index is 0. The van der Waals surface area contributed by atoms with E-state index >= 15 is 0 Å². The highest BCUT2D eigenvalue weighted by Gasteiger charge is 2.05. The molecule has 0 rings (SSSR count). The molecule has 0 aromatic carbocycles. The summed E-state index contributed by atoms with van der Waals surface area (Å²) in [6.45, 7) is 6.95. The average Bonchev–Trinajstić information content (AvgIpc) is 1.90. The van der Waals surface area contributed by atoms with E-state index in [1.807, 2.05) is 0 Å². The Morgan fingerprint density at radius 2 is 1.00 bits per heavy atom. The van der Waals surface area contributed by atoms with Crippen molar-refractivity contribution >= 4 is 32.8 Å². The number of rotatable bonds is 6. The van der Waals surface area contributed by atoms with Crippen molar-refractivity contribution in [1.29, 1.82) is 0 Å². The Morgan fingerprint density at radius 1 is 0.727 bits per heavy atom. The average molecular weight is 285 g/mol. The molecular formula is C9H22ISi. The van der Waals surface area contributed by atoms with Crippen molar-refractivity contribution in [3.8, 4) is 0 Å². The van der Waals surface area contributed by atoms with Crippen LogP contribution in [-0.2, 0) is 0 Å². The second-order valence-corrected chi connectivity index (χ2v) is 6.00. The van der Waals surface area contributed by atoms with Crippen molar-refractivity contribution in [2.75, 3.05) is 0 Å². The van der Waals surface area contributed by atoms with Crippen LogP contribution in [0.5, 0.6) is 0 Å². The van der Waals surface area contributed by atoms with Gasteiger partial charge in [-0.1, -0.05) is 58.2 Å². The van der Waals surface area contributed by atoms with Gasteiger partial charge in [-0.05, 0) is 0 Å². The van der Waals surface area contributed by atoms with Crippen LogP contribution in [-0.4, -0.2) is 8.80 Å². The summed E-state index contributed by atoms with van der Waals surface area (Å²) in [4.78, 5) is 0. The molecule has 0 atom stereocenters. The topological polar surface area (TPSA) is 0 Å².